The van der Waals surface area contributed by atoms with Crippen LogP contribution in [0.4, 0.5) is 30.4 Å². The zero-order valence-electron chi connectivity index (χ0n) is 19.9. The Labute approximate surface area is 221 Å². The third kappa shape index (κ3) is 6.24. The number of hydrogen-bond donors (Lipinski definition) is 1. The molecule has 38 heavy (non-hydrogen) atoms. The fourth-order valence-electron chi connectivity index (χ4n) is 3.80. The van der Waals surface area contributed by atoms with E-state index < -0.39 is 22.7 Å². The molecule has 0 unspecified atom stereocenters. The van der Waals surface area contributed by atoms with Gasteiger partial charge in [0.15, 0.2) is 11.6 Å². The van der Waals surface area contributed by atoms with Crippen molar-refractivity contribution >= 4 is 49.9 Å². The Bertz CT molecular complexity index is 1660. The summed E-state index contributed by atoms with van der Waals surface area (Å²) in [4.78, 5) is 9.48. The molecule has 196 valence electrons. The molecule has 0 fully saturated rings. The maximum atomic E-state index is 13.5. The number of anilines is 3. The summed E-state index contributed by atoms with van der Waals surface area (Å²) in [7, 11) is -2.19. The Kier molecular flexibility index (Phi) is 7.35. The van der Waals surface area contributed by atoms with Crippen LogP contribution in [0.2, 0.25) is 5.02 Å². The number of ether oxygens (including phenoxy) is 1. The lowest BCUT2D eigenvalue weighted by atomic mass is 10.0. The Balaban J connectivity index is 1.69. The second-order valence-corrected chi connectivity index (χ2v) is 10.4. The van der Waals surface area contributed by atoms with Gasteiger partial charge in [-0.15, -0.1) is 0 Å². The number of rotatable bonds is 7. The van der Waals surface area contributed by atoms with Gasteiger partial charge in [-0.3, -0.25) is 9.71 Å². The average Bonchev–Trinajstić information content (AvgIpc) is 2.85. The van der Waals surface area contributed by atoms with Crippen LogP contribution in [0.15, 0.2) is 60.8 Å². The van der Waals surface area contributed by atoms with E-state index in [4.69, 9.17) is 16.3 Å². The van der Waals surface area contributed by atoms with Gasteiger partial charge in [0.25, 0.3) is 0 Å². The quantitative estimate of drug-likeness (QED) is 0.299. The molecule has 0 atom stereocenters. The summed E-state index contributed by atoms with van der Waals surface area (Å²) in [6.07, 6.45) is -2.24. The lowest BCUT2D eigenvalue weighted by molar-refractivity contribution is -0.118. The highest BCUT2D eigenvalue weighted by atomic mass is 35.5. The molecule has 0 radical (unpaired) electrons. The van der Waals surface area contributed by atoms with Crippen molar-refractivity contribution in [3.63, 3.8) is 0 Å². The molecule has 0 aliphatic carbocycles. The summed E-state index contributed by atoms with van der Waals surface area (Å²) in [5.41, 5.74) is 2.70. The molecule has 0 spiro atoms. The maximum absolute atomic E-state index is 13.5. The topological polar surface area (TPSA) is 108 Å². The Morgan fingerprint density at radius 2 is 1.74 bits per heavy atom. The number of halogens is 4. The van der Waals surface area contributed by atoms with Crippen molar-refractivity contribution in [2.75, 3.05) is 29.5 Å². The number of alkyl halides is 3. The van der Waals surface area contributed by atoms with E-state index >= 15 is 0 Å². The molecule has 0 bridgehead atoms. The summed E-state index contributed by atoms with van der Waals surface area (Å²) in [6.45, 7) is -1.31. The summed E-state index contributed by atoms with van der Waals surface area (Å²) in [5.74, 6) is 0.166. The van der Waals surface area contributed by atoms with Crippen LogP contribution in [0.3, 0.4) is 0 Å². The van der Waals surface area contributed by atoms with Crippen LogP contribution in [-0.2, 0) is 10.0 Å². The van der Waals surface area contributed by atoms with Gasteiger partial charge in [-0.1, -0.05) is 29.8 Å². The van der Waals surface area contributed by atoms with Crippen LogP contribution < -0.4 is 14.4 Å². The number of fused-ring (bicyclic) bond motifs is 1. The smallest absolute Gasteiger partial charge is 0.406 e. The Hall–Kier alpha value is -4.08. The van der Waals surface area contributed by atoms with Gasteiger partial charge in [-0.25, -0.2) is 13.4 Å². The number of benzene rings is 3. The van der Waals surface area contributed by atoms with Gasteiger partial charge in [0.1, 0.15) is 12.6 Å². The number of nitrogens with one attached hydrogen (secondary N) is 1. The van der Waals surface area contributed by atoms with Gasteiger partial charge in [0, 0.05) is 11.4 Å². The van der Waals surface area contributed by atoms with Crippen molar-refractivity contribution in [1.29, 1.82) is 5.26 Å². The lowest BCUT2D eigenvalue weighted by Crippen LogP contribution is -2.30. The monoisotopic (exact) mass is 561 g/mol. The van der Waals surface area contributed by atoms with Crippen LogP contribution in [0.1, 0.15) is 5.56 Å². The van der Waals surface area contributed by atoms with Gasteiger partial charge in [0.2, 0.25) is 10.0 Å². The van der Waals surface area contributed by atoms with E-state index in [1.54, 1.807) is 30.3 Å². The van der Waals surface area contributed by atoms with Crippen molar-refractivity contribution in [3.8, 4) is 22.9 Å². The third-order valence-electron chi connectivity index (χ3n) is 5.35. The van der Waals surface area contributed by atoms with E-state index in [1.807, 2.05) is 6.07 Å². The van der Waals surface area contributed by atoms with Crippen molar-refractivity contribution in [1.82, 2.24) is 9.97 Å². The number of nitrogens with zero attached hydrogens (tertiary/aromatic N) is 4. The molecule has 13 heteroatoms. The fraction of sp³-hybridized carbons (Fsp3) is 0.160. The average molecular weight is 562 g/mol. The molecule has 4 aromatic rings. The van der Waals surface area contributed by atoms with Crippen molar-refractivity contribution in [3.05, 3.63) is 71.4 Å². The number of hydrogen-bond acceptors (Lipinski definition) is 7. The fourth-order valence-corrected chi connectivity index (χ4v) is 4.57. The molecule has 3 aromatic carbocycles. The SMILES string of the molecule is COc1c(Cl)cc(N(CC(F)(F)F)c2ccc(-c3ccc4nc(NS(C)(=O)=O)cnc4c3)cc2)cc1C#N. The molecule has 0 saturated heterocycles. The lowest BCUT2D eigenvalue weighted by Gasteiger charge is -2.27. The zero-order valence-corrected chi connectivity index (χ0v) is 21.5. The van der Waals surface area contributed by atoms with E-state index in [2.05, 4.69) is 14.7 Å². The Morgan fingerprint density at radius 3 is 2.34 bits per heavy atom. The van der Waals surface area contributed by atoms with E-state index in [1.165, 1.54) is 37.6 Å². The van der Waals surface area contributed by atoms with Crippen LogP contribution >= 0.6 is 11.6 Å². The van der Waals surface area contributed by atoms with Gasteiger partial charge in [-0.05, 0) is 47.5 Å². The molecule has 1 N–H and O–H groups in total. The molecule has 1 aromatic heterocycles. The van der Waals surface area contributed by atoms with E-state index in [9.17, 15) is 26.9 Å². The second-order valence-electron chi connectivity index (χ2n) is 8.20. The minimum atomic E-state index is -4.54. The zero-order chi connectivity index (χ0) is 27.7. The second kappa shape index (κ2) is 10.4. The van der Waals surface area contributed by atoms with Crippen molar-refractivity contribution in [2.24, 2.45) is 0 Å². The molecule has 4 rings (SSSR count). The summed E-state index contributed by atoms with van der Waals surface area (Å²) >= 11 is 6.18. The van der Waals surface area contributed by atoms with Crippen molar-refractivity contribution in [2.45, 2.75) is 6.18 Å². The highest BCUT2D eigenvalue weighted by Crippen LogP contribution is 2.38. The normalized spacial score (nSPS) is 11.7. The minimum absolute atomic E-state index is 0.00552. The number of aromatic nitrogens is 2. The highest BCUT2D eigenvalue weighted by Gasteiger charge is 2.32. The molecule has 0 aliphatic heterocycles. The summed E-state index contributed by atoms with van der Waals surface area (Å²) in [6, 6.07) is 16.0. The first-order chi connectivity index (χ1) is 17.9. The van der Waals surface area contributed by atoms with Crippen molar-refractivity contribution < 1.29 is 26.3 Å². The summed E-state index contributed by atoms with van der Waals surface area (Å²) < 4.78 is 70.7. The number of nitriles is 1. The first-order valence-electron chi connectivity index (χ1n) is 10.8. The van der Waals surface area contributed by atoms with Crippen LogP contribution in [-0.4, -0.2) is 44.5 Å². The Morgan fingerprint density at radius 1 is 1.05 bits per heavy atom. The van der Waals surface area contributed by atoms with Crippen LogP contribution in [0.5, 0.6) is 5.75 Å². The molecule has 0 aliphatic rings. The maximum Gasteiger partial charge on any atom is 0.406 e. The predicted molar refractivity (Wildman–Crippen MR) is 139 cm³/mol. The molecule has 1 heterocycles. The van der Waals surface area contributed by atoms with Gasteiger partial charge >= 0.3 is 6.18 Å². The standard InChI is InChI=1S/C25H19ClF3N5O3S/c1-37-24-17(12-30)9-19(11-20(24)26)34(14-25(27,28)29)18-6-3-15(4-7-18)16-5-8-21-22(10-16)31-13-23(32-21)33-38(2,35)36/h3-11,13H,14H2,1-2H3,(H,32,33). The van der Waals surface area contributed by atoms with Gasteiger partial charge in [-0.2, -0.15) is 18.4 Å². The van der Waals surface area contributed by atoms with Crippen LogP contribution in [0.25, 0.3) is 22.2 Å². The van der Waals surface area contributed by atoms with Gasteiger partial charge in [0.05, 0.1) is 41.2 Å². The molecule has 8 nitrogen and oxygen atoms in total. The largest absolute Gasteiger partial charge is 0.494 e. The van der Waals surface area contributed by atoms with E-state index in [-0.39, 0.29) is 33.5 Å². The third-order valence-corrected chi connectivity index (χ3v) is 6.21. The highest BCUT2D eigenvalue weighted by molar-refractivity contribution is 7.92. The number of methoxy groups -OCH3 is 1. The molecule has 0 saturated carbocycles. The first-order valence-corrected chi connectivity index (χ1v) is 13.1. The van der Waals surface area contributed by atoms with E-state index in [0.29, 0.717) is 16.6 Å². The summed E-state index contributed by atoms with van der Waals surface area (Å²) in [5, 5.41) is 9.43. The van der Waals surface area contributed by atoms with E-state index in [0.717, 1.165) is 16.7 Å². The minimum Gasteiger partial charge on any atom is -0.494 e. The predicted octanol–water partition coefficient (Wildman–Crippen LogP) is 5.90. The van der Waals surface area contributed by atoms with Gasteiger partial charge < -0.3 is 9.64 Å². The molecular weight excluding hydrogens is 543 g/mol. The molecule has 0 amide bonds. The first kappa shape index (κ1) is 27.0. The number of sulfonamides is 1. The molecular formula is C25H19ClF3N5O3S. The van der Waals surface area contributed by atoms with Crippen LogP contribution in [0, 0.1) is 11.3 Å².